The number of amides is 1. The van der Waals surface area contributed by atoms with Gasteiger partial charge in [-0.2, -0.15) is 0 Å². The average molecular weight is 327 g/mol. The number of benzene rings is 1. The summed E-state index contributed by atoms with van der Waals surface area (Å²) in [6.45, 7) is 1.79. The molecule has 0 radical (unpaired) electrons. The van der Waals surface area contributed by atoms with Crippen molar-refractivity contribution < 1.29 is 4.79 Å². The highest BCUT2D eigenvalue weighted by Gasteiger charge is 2.24. The zero-order valence-corrected chi connectivity index (χ0v) is 13.8. The van der Waals surface area contributed by atoms with E-state index in [0.29, 0.717) is 6.42 Å². The lowest BCUT2D eigenvalue weighted by Crippen LogP contribution is -2.37. The minimum atomic E-state index is 0.140. The van der Waals surface area contributed by atoms with Gasteiger partial charge in [0, 0.05) is 42.4 Å². The van der Waals surface area contributed by atoms with Gasteiger partial charge in [-0.1, -0.05) is 24.3 Å². The van der Waals surface area contributed by atoms with Gasteiger partial charge in [-0.3, -0.25) is 4.79 Å². The maximum atomic E-state index is 12.1. The van der Waals surface area contributed by atoms with Gasteiger partial charge >= 0.3 is 0 Å². The maximum absolute atomic E-state index is 12.1. The van der Waals surface area contributed by atoms with Crippen molar-refractivity contribution in [2.45, 2.75) is 23.8 Å². The van der Waals surface area contributed by atoms with Gasteiger partial charge in [-0.25, -0.2) is 4.98 Å². The van der Waals surface area contributed by atoms with E-state index < -0.39 is 0 Å². The summed E-state index contributed by atoms with van der Waals surface area (Å²) >= 11 is 1.72. The van der Waals surface area contributed by atoms with E-state index in [4.69, 9.17) is 0 Å². The van der Waals surface area contributed by atoms with E-state index in [0.717, 1.165) is 31.1 Å². The predicted octanol–water partition coefficient (Wildman–Crippen LogP) is 2.96. The standard InChI is InChI=1S/C18H21N3OS/c22-18(10-13-23-16-6-2-1-3-7-16)20-15-9-12-21(14-15)17-8-4-5-11-19-17/h1-8,11,15H,9-10,12-14H2,(H,20,22). The first kappa shape index (κ1) is 15.9. The normalized spacial score (nSPS) is 17.2. The summed E-state index contributed by atoms with van der Waals surface area (Å²) in [7, 11) is 0. The smallest absolute Gasteiger partial charge is 0.221 e. The Kier molecular flexibility index (Phi) is 5.53. The Morgan fingerprint density at radius 1 is 1.22 bits per heavy atom. The van der Waals surface area contributed by atoms with E-state index in [1.54, 1.807) is 11.8 Å². The first-order chi connectivity index (χ1) is 11.3. The number of anilines is 1. The summed E-state index contributed by atoms with van der Waals surface area (Å²) in [6, 6.07) is 16.4. The number of carbonyl (C=O) groups excluding carboxylic acids is 1. The second kappa shape index (κ2) is 8.02. The van der Waals surface area contributed by atoms with Crippen LogP contribution >= 0.6 is 11.8 Å². The molecule has 2 aromatic rings. The Morgan fingerprint density at radius 3 is 2.83 bits per heavy atom. The molecule has 0 aliphatic carbocycles. The lowest BCUT2D eigenvalue weighted by molar-refractivity contribution is -0.121. The fourth-order valence-corrected chi connectivity index (χ4v) is 3.58. The zero-order chi connectivity index (χ0) is 15.9. The highest BCUT2D eigenvalue weighted by Crippen LogP contribution is 2.19. The van der Waals surface area contributed by atoms with E-state index in [-0.39, 0.29) is 11.9 Å². The molecule has 5 heteroatoms. The molecule has 1 aromatic carbocycles. The van der Waals surface area contributed by atoms with E-state index in [2.05, 4.69) is 27.3 Å². The number of thioether (sulfide) groups is 1. The second-order valence-corrected chi connectivity index (χ2v) is 6.77. The van der Waals surface area contributed by atoms with Gasteiger partial charge in [0.2, 0.25) is 5.91 Å². The molecule has 1 atom stereocenters. The van der Waals surface area contributed by atoms with Gasteiger partial charge in [0.25, 0.3) is 0 Å². The van der Waals surface area contributed by atoms with E-state index >= 15 is 0 Å². The van der Waals surface area contributed by atoms with Crippen molar-refractivity contribution >= 4 is 23.5 Å². The van der Waals surface area contributed by atoms with Crippen LogP contribution in [0.2, 0.25) is 0 Å². The number of hydrogen-bond donors (Lipinski definition) is 1. The monoisotopic (exact) mass is 327 g/mol. The molecule has 1 unspecified atom stereocenters. The molecule has 23 heavy (non-hydrogen) atoms. The highest BCUT2D eigenvalue weighted by atomic mass is 32.2. The number of carbonyl (C=O) groups is 1. The minimum absolute atomic E-state index is 0.140. The third kappa shape index (κ3) is 4.73. The Bertz CT molecular complexity index is 621. The van der Waals surface area contributed by atoms with E-state index in [1.165, 1.54) is 4.90 Å². The van der Waals surface area contributed by atoms with E-state index in [1.807, 2.05) is 42.6 Å². The summed E-state index contributed by atoms with van der Waals surface area (Å²) in [5, 5.41) is 3.14. The topological polar surface area (TPSA) is 45.2 Å². The first-order valence-electron chi connectivity index (χ1n) is 7.94. The van der Waals surface area contributed by atoms with Gasteiger partial charge in [-0.05, 0) is 30.7 Å². The first-order valence-corrected chi connectivity index (χ1v) is 8.93. The zero-order valence-electron chi connectivity index (χ0n) is 13.0. The Morgan fingerprint density at radius 2 is 2.04 bits per heavy atom. The molecular formula is C18H21N3OS. The number of aromatic nitrogens is 1. The van der Waals surface area contributed by atoms with Crippen LogP contribution in [-0.4, -0.2) is 35.8 Å². The third-order valence-electron chi connectivity index (χ3n) is 3.87. The second-order valence-electron chi connectivity index (χ2n) is 5.60. The molecule has 0 saturated carbocycles. The molecule has 0 spiro atoms. The van der Waals surface area contributed by atoms with Crippen LogP contribution in [0.25, 0.3) is 0 Å². The predicted molar refractivity (Wildman–Crippen MR) is 94.8 cm³/mol. The molecule has 1 aliphatic heterocycles. The number of hydrogen-bond acceptors (Lipinski definition) is 4. The van der Waals surface area contributed by atoms with Gasteiger partial charge < -0.3 is 10.2 Å². The van der Waals surface area contributed by atoms with Gasteiger partial charge in [0.15, 0.2) is 0 Å². The minimum Gasteiger partial charge on any atom is -0.354 e. The van der Waals surface area contributed by atoms with Crippen molar-refractivity contribution in [1.29, 1.82) is 0 Å². The lowest BCUT2D eigenvalue weighted by atomic mass is 10.2. The number of rotatable bonds is 6. The molecule has 4 nitrogen and oxygen atoms in total. The number of nitrogens with one attached hydrogen (secondary N) is 1. The fourth-order valence-electron chi connectivity index (χ4n) is 2.71. The van der Waals surface area contributed by atoms with Crippen LogP contribution in [0.4, 0.5) is 5.82 Å². The van der Waals surface area contributed by atoms with Gasteiger partial charge in [0.1, 0.15) is 5.82 Å². The molecular weight excluding hydrogens is 306 g/mol. The summed E-state index contributed by atoms with van der Waals surface area (Å²) in [4.78, 5) is 19.9. The quantitative estimate of drug-likeness (QED) is 0.829. The molecule has 1 N–H and O–H groups in total. The largest absolute Gasteiger partial charge is 0.354 e. The Hall–Kier alpha value is -2.01. The SMILES string of the molecule is O=C(CCSc1ccccc1)NC1CCN(c2ccccn2)C1. The van der Waals surface area contributed by atoms with Crippen molar-refractivity contribution in [3.63, 3.8) is 0 Å². The lowest BCUT2D eigenvalue weighted by Gasteiger charge is -2.17. The van der Waals surface area contributed by atoms with Crippen molar-refractivity contribution in [3.05, 3.63) is 54.7 Å². The number of pyridine rings is 1. The van der Waals surface area contributed by atoms with Gasteiger partial charge in [-0.15, -0.1) is 11.8 Å². The third-order valence-corrected chi connectivity index (χ3v) is 4.88. The van der Waals surface area contributed by atoms with Crippen molar-refractivity contribution in [2.24, 2.45) is 0 Å². The molecule has 1 aromatic heterocycles. The molecule has 0 bridgehead atoms. The van der Waals surface area contributed by atoms with Crippen LogP contribution in [0.5, 0.6) is 0 Å². The number of nitrogens with zero attached hydrogens (tertiary/aromatic N) is 2. The van der Waals surface area contributed by atoms with Crippen LogP contribution in [0.3, 0.4) is 0 Å². The molecule has 1 aliphatic rings. The molecule has 1 amide bonds. The Labute approximate surface area is 141 Å². The molecule has 3 rings (SSSR count). The fraction of sp³-hybridized carbons (Fsp3) is 0.333. The molecule has 2 heterocycles. The van der Waals surface area contributed by atoms with Crippen LogP contribution in [0, 0.1) is 0 Å². The molecule has 120 valence electrons. The highest BCUT2D eigenvalue weighted by molar-refractivity contribution is 7.99. The molecule has 1 saturated heterocycles. The summed E-state index contributed by atoms with van der Waals surface area (Å²) in [5.41, 5.74) is 0. The average Bonchev–Trinajstić information content (AvgIpc) is 3.05. The van der Waals surface area contributed by atoms with Crippen molar-refractivity contribution in [1.82, 2.24) is 10.3 Å². The van der Waals surface area contributed by atoms with Gasteiger partial charge in [0.05, 0.1) is 0 Å². The maximum Gasteiger partial charge on any atom is 0.221 e. The summed E-state index contributed by atoms with van der Waals surface area (Å²) in [6.07, 6.45) is 3.34. The Balaban J connectivity index is 1.39. The van der Waals surface area contributed by atoms with Crippen LogP contribution in [0.15, 0.2) is 59.6 Å². The van der Waals surface area contributed by atoms with E-state index in [9.17, 15) is 4.79 Å². The summed E-state index contributed by atoms with van der Waals surface area (Å²) < 4.78 is 0. The van der Waals surface area contributed by atoms with Crippen LogP contribution in [-0.2, 0) is 4.79 Å². The van der Waals surface area contributed by atoms with Crippen LogP contribution < -0.4 is 10.2 Å². The van der Waals surface area contributed by atoms with Crippen molar-refractivity contribution in [3.8, 4) is 0 Å². The summed E-state index contributed by atoms with van der Waals surface area (Å²) in [5.74, 6) is 1.94. The van der Waals surface area contributed by atoms with Crippen LogP contribution in [0.1, 0.15) is 12.8 Å². The molecule has 1 fully saturated rings. The van der Waals surface area contributed by atoms with Crippen molar-refractivity contribution in [2.75, 3.05) is 23.7 Å².